The molecule has 2 heteroatoms. The molecule has 102 valence electrons. The Morgan fingerprint density at radius 2 is 1.67 bits per heavy atom. The molecule has 2 nitrogen and oxygen atoms in total. The summed E-state index contributed by atoms with van der Waals surface area (Å²) in [6, 6.07) is 5.21. The summed E-state index contributed by atoms with van der Waals surface area (Å²) >= 11 is 0. The van der Waals surface area contributed by atoms with Crippen molar-refractivity contribution in [1.29, 1.82) is 0 Å². The second kappa shape index (κ2) is 6.91. The van der Waals surface area contributed by atoms with Crippen LogP contribution in [0.2, 0.25) is 0 Å². The number of hydrogen-bond donors (Lipinski definition) is 1. The minimum Gasteiger partial charge on any atom is -0.320 e. The van der Waals surface area contributed by atoms with Crippen LogP contribution < -0.4 is 5.32 Å². The third-order valence-electron chi connectivity index (χ3n) is 3.77. The number of benzene rings is 1. The van der Waals surface area contributed by atoms with Crippen LogP contribution in [0.15, 0.2) is 12.1 Å². The van der Waals surface area contributed by atoms with Crippen LogP contribution >= 0.6 is 0 Å². The van der Waals surface area contributed by atoms with E-state index < -0.39 is 0 Å². The Labute approximate surface area is 112 Å². The van der Waals surface area contributed by atoms with E-state index in [1.165, 1.54) is 35.1 Å². The summed E-state index contributed by atoms with van der Waals surface area (Å²) in [5, 5.41) is 3.23. The molecular weight excluding hydrogens is 220 g/mol. The first-order valence-corrected chi connectivity index (χ1v) is 6.86. The number of hydrogen-bond acceptors (Lipinski definition) is 2. The van der Waals surface area contributed by atoms with Crippen LogP contribution in [0.5, 0.6) is 0 Å². The van der Waals surface area contributed by atoms with Crippen LogP contribution in [0.3, 0.4) is 0 Å². The predicted octanol–water partition coefficient (Wildman–Crippen LogP) is 3.21. The van der Waals surface area contributed by atoms with Gasteiger partial charge in [-0.2, -0.15) is 0 Å². The monoisotopic (exact) mass is 248 g/mol. The molecule has 0 aliphatic rings. The molecule has 1 unspecified atom stereocenters. The first-order valence-electron chi connectivity index (χ1n) is 6.86. The third kappa shape index (κ3) is 3.82. The van der Waals surface area contributed by atoms with Crippen LogP contribution in [0, 0.1) is 20.8 Å². The van der Waals surface area contributed by atoms with Gasteiger partial charge in [0.15, 0.2) is 0 Å². The molecule has 0 aromatic heterocycles. The molecule has 0 amide bonds. The van der Waals surface area contributed by atoms with Crippen LogP contribution in [-0.4, -0.2) is 32.6 Å². The standard InChI is InChI=1S/C16H28N2/c1-12-10-14(3)15(11-13(12)2)16(18(5)6)8-7-9-17-4/h10-11,16-17H,7-9H2,1-6H3. The van der Waals surface area contributed by atoms with Gasteiger partial charge in [0.25, 0.3) is 0 Å². The molecule has 0 aliphatic heterocycles. The molecule has 1 aromatic carbocycles. The minimum atomic E-state index is 0.526. The Morgan fingerprint density at radius 1 is 1.06 bits per heavy atom. The maximum Gasteiger partial charge on any atom is 0.0345 e. The Balaban J connectivity index is 2.95. The van der Waals surface area contributed by atoms with Crippen molar-refractivity contribution >= 4 is 0 Å². The summed E-state index contributed by atoms with van der Waals surface area (Å²) in [6.07, 6.45) is 2.42. The van der Waals surface area contributed by atoms with E-state index in [4.69, 9.17) is 0 Å². The van der Waals surface area contributed by atoms with E-state index in [0.29, 0.717) is 6.04 Å². The smallest absolute Gasteiger partial charge is 0.0345 e. The van der Waals surface area contributed by atoms with E-state index in [1.54, 1.807) is 0 Å². The van der Waals surface area contributed by atoms with Gasteiger partial charge in [0.1, 0.15) is 0 Å². The zero-order chi connectivity index (χ0) is 13.7. The first-order chi connectivity index (χ1) is 8.47. The lowest BCUT2D eigenvalue weighted by Gasteiger charge is -2.27. The molecule has 0 saturated heterocycles. The highest BCUT2D eigenvalue weighted by molar-refractivity contribution is 5.38. The van der Waals surface area contributed by atoms with Gasteiger partial charge in [-0.3, -0.25) is 0 Å². The summed E-state index contributed by atoms with van der Waals surface area (Å²) in [4.78, 5) is 2.34. The van der Waals surface area contributed by atoms with Crippen LogP contribution in [-0.2, 0) is 0 Å². The topological polar surface area (TPSA) is 15.3 Å². The third-order valence-corrected chi connectivity index (χ3v) is 3.77. The zero-order valence-electron chi connectivity index (χ0n) is 12.8. The minimum absolute atomic E-state index is 0.526. The molecule has 1 atom stereocenters. The van der Waals surface area contributed by atoms with E-state index >= 15 is 0 Å². The summed E-state index contributed by atoms with van der Waals surface area (Å²) in [6.45, 7) is 7.72. The molecule has 1 rings (SSSR count). The molecule has 1 aromatic rings. The molecule has 0 spiro atoms. The highest BCUT2D eigenvalue weighted by Gasteiger charge is 2.16. The van der Waals surface area contributed by atoms with Gasteiger partial charge < -0.3 is 10.2 Å². The average Bonchev–Trinajstić information content (AvgIpc) is 2.30. The molecule has 0 fully saturated rings. The highest BCUT2D eigenvalue weighted by Crippen LogP contribution is 2.28. The summed E-state index contributed by atoms with van der Waals surface area (Å²) in [7, 11) is 6.38. The average molecular weight is 248 g/mol. The first kappa shape index (κ1) is 15.2. The van der Waals surface area contributed by atoms with Gasteiger partial charge in [-0.05, 0) is 83.6 Å². The maximum atomic E-state index is 3.23. The van der Waals surface area contributed by atoms with Gasteiger partial charge in [0.2, 0.25) is 0 Å². The maximum absolute atomic E-state index is 3.23. The molecule has 0 heterocycles. The zero-order valence-corrected chi connectivity index (χ0v) is 12.8. The van der Waals surface area contributed by atoms with E-state index in [9.17, 15) is 0 Å². The van der Waals surface area contributed by atoms with Crippen LogP contribution in [0.4, 0.5) is 0 Å². The van der Waals surface area contributed by atoms with Crippen molar-refractivity contribution in [3.63, 3.8) is 0 Å². The fraction of sp³-hybridized carbons (Fsp3) is 0.625. The molecule has 1 N–H and O–H groups in total. The van der Waals surface area contributed by atoms with Crippen molar-refractivity contribution in [2.75, 3.05) is 27.7 Å². The Bertz CT molecular complexity index is 383. The van der Waals surface area contributed by atoms with Crippen molar-refractivity contribution in [3.8, 4) is 0 Å². The Morgan fingerprint density at radius 3 is 2.22 bits per heavy atom. The number of aryl methyl sites for hydroxylation is 3. The van der Waals surface area contributed by atoms with Gasteiger partial charge in [-0.15, -0.1) is 0 Å². The van der Waals surface area contributed by atoms with Crippen molar-refractivity contribution < 1.29 is 0 Å². The molecule has 18 heavy (non-hydrogen) atoms. The van der Waals surface area contributed by atoms with Crippen LogP contribution in [0.25, 0.3) is 0 Å². The lowest BCUT2D eigenvalue weighted by molar-refractivity contribution is 0.278. The van der Waals surface area contributed by atoms with E-state index in [0.717, 1.165) is 6.54 Å². The van der Waals surface area contributed by atoms with Crippen molar-refractivity contribution in [1.82, 2.24) is 10.2 Å². The summed E-state index contributed by atoms with van der Waals surface area (Å²) < 4.78 is 0. The van der Waals surface area contributed by atoms with Gasteiger partial charge >= 0.3 is 0 Å². The van der Waals surface area contributed by atoms with E-state index in [1.807, 2.05) is 7.05 Å². The van der Waals surface area contributed by atoms with Crippen LogP contribution in [0.1, 0.15) is 41.1 Å². The number of rotatable bonds is 6. The van der Waals surface area contributed by atoms with E-state index in [-0.39, 0.29) is 0 Å². The van der Waals surface area contributed by atoms with Gasteiger partial charge in [-0.25, -0.2) is 0 Å². The lowest BCUT2D eigenvalue weighted by Crippen LogP contribution is -2.22. The SMILES string of the molecule is CNCCCC(c1cc(C)c(C)cc1C)N(C)C. The van der Waals surface area contributed by atoms with Gasteiger partial charge in [0, 0.05) is 6.04 Å². The summed E-state index contributed by atoms with van der Waals surface area (Å²) in [5.74, 6) is 0. The summed E-state index contributed by atoms with van der Waals surface area (Å²) in [5.41, 5.74) is 5.69. The number of nitrogens with one attached hydrogen (secondary N) is 1. The fourth-order valence-electron chi connectivity index (χ4n) is 2.51. The van der Waals surface area contributed by atoms with Gasteiger partial charge in [-0.1, -0.05) is 12.1 Å². The van der Waals surface area contributed by atoms with Gasteiger partial charge in [0.05, 0.1) is 0 Å². The molecule has 0 radical (unpaired) electrons. The van der Waals surface area contributed by atoms with E-state index in [2.05, 4.69) is 57.2 Å². The van der Waals surface area contributed by atoms with Crippen molar-refractivity contribution in [3.05, 3.63) is 34.4 Å². The second-order valence-corrected chi connectivity index (χ2v) is 5.52. The highest BCUT2D eigenvalue weighted by atomic mass is 15.1. The van der Waals surface area contributed by atoms with Crippen molar-refractivity contribution in [2.45, 2.75) is 39.7 Å². The molecular formula is C16H28N2. The fourth-order valence-corrected chi connectivity index (χ4v) is 2.51. The Hall–Kier alpha value is -0.860. The quantitative estimate of drug-likeness (QED) is 0.778. The largest absolute Gasteiger partial charge is 0.320 e. The lowest BCUT2D eigenvalue weighted by atomic mass is 9.93. The van der Waals surface area contributed by atoms with Crippen molar-refractivity contribution in [2.24, 2.45) is 0 Å². The molecule has 0 aliphatic carbocycles. The molecule has 0 saturated carbocycles. The molecule has 0 bridgehead atoms. The number of nitrogens with zero attached hydrogens (tertiary/aromatic N) is 1. The second-order valence-electron chi connectivity index (χ2n) is 5.52. The Kier molecular flexibility index (Phi) is 5.83. The predicted molar refractivity (Wildman–Crippen MR) is 80.2 cm³/mol. The normalized spacial score (nSPS) is 13.1.